The number of aryl methyl sites for hydroxylation is 1. The Hall–Kier alpha value is -1.40. The Kier molecular flexibility index (Phi) is 4.94. The largest absolute Gasteiger partial charge is 0.291 e. The van der Waals surface area contributed by atoms with Crippen molar-refractivity contribution in [1.82, 2.24) is 4.90 Å². The molecular formula is C13H17FN2. The van der Waals surface area contributed by atoms with Gasteiger partial charge in [-0.3, -0.25) is 4.90 Å². The molecule has 0 N–H and O–H groups in total. The second-order valence-corrected chi connectivity index (χ2v) is 4.09. The molecule has 0 aliphatic heterocycles. The molecule has 0 spiro atoms. The van der Waals surface area contributed by atoms with Crippen molar-refractivity contribution in [2.75, 3.05) is 13.6 Å². The standard InChI is InChI=1S/C13H17FN2/c1-11(16(2)9-8-15)6-7-12-4-3-5-13(14)10-12/h3-5,10-11H,6-7,9H2,1-2H3/t11-/m0/s1. The minimum Gasteiger partial charge on any atom is -0.291 e. The summed E-state index contributed by atoms with van der Waals surface area (Å²) in [4.78, 5) is 2.00. The molecule has 1 atom stereocenters. The molecule has 1 aromatic carbocycles. The molecule has 0 aliphatic carbocycles. The van der Waals surface area contributed by atoms with Crippen molar-refractivity contribution in [3.8, 4) is 6.07 Å². The van der Waals surface area contributed by atoms with Crippen molar-refractivity contribution >= 4 is 0 Å². The number of rotatable bonds is 5. The van der Waals surface area contributed by atoms with Gasteiger partial charge in [-0.1, -0.05) is 12.1 Å². The molecule has 0 heterocycles. The summed E-state index contributed by atoms with van der Waals surface area (Å²) in [5, 5.41) is 8.57. The van der Waals surface area contributed by atoms with Crippen LogP contribution in [0.4, 0.5) is 4.39 Å². The Morgan fingerprint density at radius 3 is 2.88 bits per heavy atom. The highest BCUT2D eigenvalue weighted by Crippen LogP contribution is 2.10. The normalized spacial score (nSPS) is 12.4. The molecule has 1 rings (SSSR count). The molecule has 86 valence electrons. The Balaban J connectivity index is 2.43. The summed E-state index contributed by atoms with van der Waals surface area (Å²) in [7, 11) is 1.93. The fourth-order valence-electron chi connectivity index (χ4n) is 1.56. The molecule has 3 heteroatoms. The number of benzene rings is 1. The molecule has 0 saturated carbocycles. The van der Waals surface area contributed by atoms with E-state index in [-0.39, 0.29) is 5.82 Å². The van der Waals surface area contributed by atoms with Crippen LogP contribution in [0.25, 0.3) is 0 Å². The second-order valence-electron chi connectivity index (χ2n) is 4.09. The minimum absolute atomic E-state index is 0.185. The predicted molar refractivity (Wildman–Crippen MR) is 62.4 cm³/mol. The number of nitrogens with zero attached hydrogens (tertiary/aromatic N) is 2. The predicted octanol–water partition coefficient (Wildman–Crippen LogP) is 2.60. The summed E-state index contributed by atoms with van der Waals surface area (Å²) in [6, 6.07) is 9.14. The first-order valence-corrected chi connectivity index (χ1v) is 5.45. The molecule has 0 saturated heterocycles. The van der Waals surface area contributed by atoms with E-state index in [0.29, 0.717) is 12.6 Å². The van der Waals surface area contributed by atoms with E-state index in [2.05, 4.69) is 13.0 Å². The van der Waals surface area contributed by atoms with E-state index in [0.717, 1.165) is 18.4 Å². The van der Waals surface area contributed by atoms with Crippen LogP contribution in [-0.2, 0) is 6.42 Å². The van der Waals surface area contributed by atoms with Crippen molar-refractivity contribution in [3.05, 3.63) is 35.6 Å². The van der Waals surface area contributed by atoms with Gasteiger partial charge < -0.3 is 0 Å². The molecule has 2 nitrogen and oxygen atoms in total. The lowest BCUT2D eigenvalue weighted by Crippen LogP contribution is -2.29. The third-order valence-electron chi connectivity index (χ3n) is 2.81. The maximum atomic E-state index is 12.9. The topological polar surface area (TPSA) is 27.0 Å². The summed E-state index contributed by atoms with van der Waals surface area (Å²) in [6.45, 7) is 2.51. The SMILES string of the molecule is C[C@@H](CCc1cccc(F)c1)N(C)CC#N. The van der Waals surface area contributed by atoms with Gasteiger partial charge in [0.15, 0.2) is 0 Å². The van der Waals surface area contributed by atoms with Crippen LogP contribution < -0.4 is 0 Å². The third-order valence-corrected chi connectivity index (χ3v) is 2.81. The molecule has 0 amide bonds. The fourth-order valence-corrected chi connectivity index (χ4v) is 1.56. The fraction of sp³-hybridized carbons (Fsp3) is 0.462. The molecule has 16 heavy (non-hydrogen) atoms. The maximum absolute atomic E-state index is 12.9. The first-order chi connectivity index (χ1) is 7.63. The van der Waals surface area contributed by atoms with Crippen molar-refractivity contribution in [1.29, 1.82) is 5.26 Å². The van der Waals surface area contributed by atoms with Gasteiger partial charge in [0.05, 0.1) is 12.6 Å². The summed E-state index contributed by atoms with van der Waals surface area (Å²) >= 11 is 0. The molecular weight excluding hydrogens is 203 g/mol. The molecule has 1 aromatic rings. The first kappa shape index (κ1) is 12.7. The van der Waals surface area contributed by atoms with Gasteiger partial charge in [-0.2, -0.15) is 5.26 Å². The minimum atomic E-state index is -0.185. The molecule has 0 aliphatic rings. The van der Waals surface area contributed by atoms with E-state index in [4.69, 9.17) is 5.26 Å². The summed E-state index contributed by atoms with van der Waals surface area (Å²) < 4.78 is 12.9. The number of hydrogen-bond donors (Lipinski definition) is 0. The van der Waals surface area contributed by atoms with E-state index < -0.39 is 0 Å². The maximum Gasteiger partial charge on any atom is 0.123 e. The third kappa shape index (κ3) is 4.00. The second kappa shape index (κ2) is 6.24. The molecule has 0 radical (unpaired) electrons. The van der Waals surface area contributed by atoms with Gasteiger partial charge in [0.25, 0.3) is 0 Å². The van der Waals surface area contributed by atoms with Crippen molar-refractivity contribution < 1.29 is 4.39 Å². The zero-order chi connectivity index (χ0) is 12.0. The van der Waals surface area contributed by atoms with Gasteiger partial charge in [0.1, 0.15) is 5.82 Å². The molecule has 0 aromatic heterocycles. The van der Waals surface area contributed by atoms with E-state index >= 15 is 0 Å². The highest BCUT2D eigenvalue weighted by atomic mass is 19.1. The molecule has 0 bridgehead atoms. The quantitative estimate of drug-likeness (QED) is 0.713. The number of hydrogen-bond acceptors (Lipinski definition) is 2. The number of halogens is 1. The summed E-state index contributed by atoms with van der Waals surface area (Å²) in [5.41, 5.74) is 1.01. The van der Waals surface area contributed by atoms with E-state index in [1.807, 2.05) is 18.0 Å². The zero-order valence-electron chi connectivity index (χ0n) is 9.78. The Morgan fingerprint density at radius 2 is 2.25 bits per heavy atom. The highest BCUT2D eigenvalue weighted by molar-refractivity contribution is 5.16. The van der Waals surface area contributed by atoms with Gasteiger partial charge in [0.2, 0.25) is 0 Å². The lowest BCUT2D eigenvalue weighted by atomic mass is 10.1. The average Bonchev–Trinajstić information content (AvgIpc) is 2.26. The summed E-state index contributed by atoms with van der Waals surface area (Å²) in [5.74, 6) is -0.185. The van der Waals surface area contributed by atoms with Crippen LogP contribution in [0.15, 0.2) is 24.3 Å². The van der Waals surface area contributed by atoms with E-state index in [9.17, 15) is 4.39 Å². The van der Waals surface area contributed by atoms with Crippen LogP contribution in [0.1, 0.15) is 18.9 Å². The number of nitriles is 1. The monoisotopic (exact) mass is 220 g/mol. The van der Waals surface area contributed by atoms with Gasteiger partial charge in [-0.25, -0.2) is 4.39 Å². The van der Waals surface area contributed by atoms with Crippen molar-refractivity contribution in [2.24, 2.45) is 0 Å². The first-order valence-electron chi connectivity index (χ1n) is 5.45. The van der Waals surface area contributed by atoms with Crippen LogP contribution in [-0.4, -0.2) is 24.5 Å². The lowest BCUT2D eigenvalue weighted by molar-refractivity contribution is 0.274. The van der Waals surface area contributed by atoms with E-state index in [1.54, 1.807) is 12.1 Å². The zero-order valence-corrected chi connectivity index (χ0v) is 9.78. The van der Waals surface area contributed by atoms with Crippen molar-refractivity contribution in [3.63, 3.8) is 0 Å². The Morgan fingerprint density at radius 1 is 1.50 bits per heavy atom. The van der Waals surface area contributed by atoms with Gasteiger partial charge >= 0.3 is 0 Å². The van der Waals surface area contributed by atoms with Crippen LogP contribution in [0, 0.1) is 17.1 Å². The van der Waals surface area contributed by atoms with Gasteiger partial charge in [0, 0.05) is 6.04 Å². The summed E-state index contributed by atoms with van der Waals surface area (Å²) in [6.07, 6.45) is 1.77. The Bertz CT molecular complexity index is 370. The molecule has 0 unspecified atom stereocenters. The van der Waals surface area contributed by atoms with Crippen LogP contribution >= 0.6 is 0 Å². The lowest BCUT2D eigenvalue weighted by Gasteiger charge is -2.21. The van der Waals surface area contributed by atoms with E-state index in [1.165, 1.54) is 6.07 Å². The molecule has 0 fully saturated rings. The van der Waals surface area contributed by atoms with Crippen LogP contribution in [0.3, 0.4) is 0 Å². The average molecular weight is 220 g/mol. The smallest absolute Gasteiger partial charge is 0.123 e. The van der Waals surface area contributed by atoms with Crippen LogP contribution in [0.5, 0.6) is 0 Å². The van der Waals surface area contributed by atoms with Crippen molar-refractivity contribution in [2.45, 2.75) is 25.8 Å². The highest BCUT2D eigenvalue weighted by Gasteiger charge is 2.08. The van der Waals surface area contributed by atoms with Gasteiger partial charge in [-0.15, -0.1) is 0 Å². The van der Waals surface area contributed by atoms with Crippen LogP contribution in [0.2, 0.25) is 0 Å². The Labute approximate surface area is 96.3 Å². The van der Waals surface area contributed by atoms with Gasteiger partial charge in [-0.05, 0) is 44.5 Å².